The van der Waals surface area contributed by atoms with Gasteiger partial charge < -0.3 is 10.2 Å². The lowest BCUT2D eigenvalue weighted by atomic mass is 10.1. The van der Waals surface area contributed by atoms with E-state index < -0.39 is 28.5 Å². The van der Waals surface area contributed by atoms with Crippen LogP contribution in [-0.2, 0) is 26.2 Å². The van der Waals surface area contributed by atoms with E-state index in [1.165, 1.54) is 36.2 Å². The number of carbonyl (C=O) groups excluding carboxylic acids is 2. The van der Waals surface area contributed by atoms with Gasteiger partial charge in [0, 0.05) is 30.2 Å². The van der Waals surface area contributed by atoms with E-state index in [2.05, 4.69) is 5.32 Å². The Bertz CT molecular complexity index is 1080. The van der Waals surface area contributed by atoms with E-state index in [0.29, 0.717) is 22.2 Å². The van der Waals surface area contributed by atoms with Crippen LogP contribution >= 0.6 is 23.2 Å². The predicted octanol–water partition coefficient (Wildman–Crippen LogP) is 3.80. The highest BCUT2D eigenvalue weighted by Crippen LogP contribution is 2.21. The van der Waals surface area contributed by atoms with Crippen LogP contribution in [0.1, 0.15) is 26.3 Å². The smallest absolute Gasteiger partial charge is 0.243 e. The van der Waals surface area contributed by atoms with Gasteiger partial charge in [0.2, 0.25) is 21.8 Å². The molecule has 0 aromatic heterocycles. The van der Waals surface area contributed by atoms with Gasteiger partial charge in [-0.2, -0.15) is 4.31 Å². The molecular formula is C23H29Cl2N3O4S. The number of hydrogen-bond acceptors (Lipinski definition) is 4. The zero-order valence-corrected chi connectivity index (χ0v) is 21.4. The Morgan fingerprint density at radius 1 is 1.00 bits per heavy atom. The lowest BCUT2D eigenvalue weighted by molar-refractivity contribution is -0.140. The topological polar surface area (TPSA) is 86.8 Å². The molecule has 1 N–H and O–H groups in total. The standard InChI is InChI=1S/C23H29Cl2N3O4S/c1-16(2)13-26-23(30)17(3)28(14-18-7-5-6-8-21(18)25)22(29)15-27(4)33(31,32)20-11-9-19(24)10-12-20/h5-12,16-17H,13-15H2,1-4H3,(H,26,30)/t17-/m1/s1. The Labute approximate surface area is 205 Å². The fourth-order valence-electron chi connectivity index (χ4n) is 3.00. The Hall–Kier alpha value is -2.13. The first-order chi connectivity index (χ1) is 15.4. The number of likely N-dealkylation sites (N-methyl/N-ethyl adjacent to an activating group) is 1. The van der Waals surface area contributed by atoms with Gasteiger partial charge in [0.25, 0.3) is 0 Å². The van der Waals surface area contributed by atoms with Crippen molar-refractivity contribution in [2.24, 2.45) is 5.92 Å². The van der Waals surface area contributed by atoms with Gasteiger partial charge in [-0.25, -0.2) is 8.42 Å². The summed E-state index contributed by atoms with van der Waals surface area (Å²) in [6, 6.07) is 11.9. The minimum Gasteiger partial charge on any atom is -0.354 e. The van der Waals surface area contributed by atoms with Crippen LogP contribution in [0.15, 0.2) is 53.4 Å². The van der Waals surface area contributed by atoms with Crippen molar-refractivity contribution in [3.8, 4) is 0 Å². The number of carbonyl (C=O) groups is 2. The van der Waals surface area contributed by atoms with Gasteiger partial charge in [0.05, 0.1) is 11.4 Å². The third-order valence-corrected chi connectivity index (χ3v) is 7.47. The van der Waals surface area contributed by atoms with Crippen LogP contribution in [0.3, 0.4) is 0 Å². The summed E-state index contributed by atoms with van der Waals surface area (Å²) in [5, 5.41) is 3.68. The number of nitrogens with zero attached hydrogens (tertiary/aromatic N) is 2. The highest BCUT2D eigenvalue weighted by Gasteiger charge is 2.30. The number of benzene rings is 2. The summed E-state index contributed by atoms with van der Waals surface area (Å²) in [6.07, 6.45) is 0. The van der Waals surface area contributed by atoms with Gasteiger partial charge in [-0.3, -0.25) is 9.59 Å². The van der Waals surface area contributed by atoms with Gasteiger partial charge in [-0.1, -0.05) is 55.2 Å². The summed E-state index contributed by atoms with van der Waals surface area (Å²) in [6.45, 7) is 5.61. The predicted molar refractivity (Wildman–Crippen MR) is 131 cm³/mol. The van der Waals surface area contributed by atoms with Crippen molar-refractivity contribution in [1.82, 2.24) is 14.5 Å². The van der Waals surface area contributed by atoms with Crippen LogP contribution in [0.2, 0.25) is 10.0 Å². The van der Waals surface area contributed by atoms with Crippen LogP contribution in [0.25, 0.3) is 0 Å². The molecule has 2 amide bonds. The molecule has 33 heavy (non-hydrogen) atoms. The molecule has 0 saturated carbocycles. The van der Waals surface area contributed by atoms with Gasteiger partial charge in [0.15, 0.2) is 0 Å². The summed E-state index contributed by atoms with van der Waals surface area (Å²) < 4.78 is 26.8. The van der Waals surface area contributed by atoms with Crippen molar-refractivity contribution in [1.29, 1.82) is 0 Å². The number of amides is 2. The molecule has 0 saturated heterocycles. The first-order valence-corrected chi connectivity index (χ1v) is 12.7. The minimum absolute atomic E-state index is 0.0163. The van der Waals surface area contributed by atoms with E-state index in [1.54, 1.807) is 31.2 Å². The first kappa shape index (κ1) is 27.1. The second kappa shape index (κ2) is 11.8. The first-order valence-electron chi connectivity index (χ1n) is 10.5. The largest absolute Gasteiger partial charge is 0.354 e. The number of halogens is 2. The molecule has 0 spiro atoms. The third kappa shape index (κ3) is 7.43. The number of sulfonamides is 1. The van der Waals surface area contributed by atoms with Crippen molar-refractivity contribution in [2.45, 2.75) is 38.3 Å². The molecular weight excluding hydrogens is 485 g/mol. The maximum absolute atomic E-state index is 13.3. The molecule has 180 valence electrons. The Kier molecular flexibility index (Phi) is 9.72. The van der Waals surface area contributed by atoms with Crippen LogP contribution in [-0.4, -0.2) is 55.6 Å². The molecule has 0 heterocycles. The molecule has 0 fully saturated rings. The molecule has 7 nitrogen and oxygen atoms in total. The van der Waals surface area contributed by atoms with E-state index in [0.717, 1.165) is 4.31 Å². The number of rotatable bonds is 10. The molecule has 0 aliphatic heterocycles. The van der Waals surface area contributed by atoms with Crippen LogP contribution in [0, 0.1) is 5.92 Å². The summed E-state index contributed by atoms with van der Waals surface area (Å²) in [5.41, 5.74) is 0.652. The Morgan fingerprint density at radius 3 is 2.18 bits per heavy atom. The molecule has 2 aromatic carbocycles. The molecule has 2 rings (SSSR count). The molecule has 10 heteroatoms. The van der Waals surface area contributed by atoms with Gasteiger partial charge >= 0.3 is 0 Å². The van der Waals surface area contributed by atoms with Crippen molar-refractivity contribution < 1.29 is 18.0 Å². The average Bonchev–Trinajstić information content (AvgIpc) is 2.76. The third-order valence-electron chi connectivity index (χ3n) is 5.03. The fourth-order valence-corrected chi connectivity index (χ4v) is 4.44. The summed E-state index contributed by atoms with van der Waals surface area (Å²) >= 11 is 12.1. The van der Waals surface area contributed by atoms with E-state index in [1.807, 2.05) is 13.8 Å². The molecule has 0 unspecified atom stereocenters. The zero-order valence-electron chi connectivity index (χ0n) is 19.1. The van der Waals surface area contributed by atoms with E-state index in [9.17, 15) is 18.0 Å². The second-order valence-electron chi connectivity index (χ2n) is 8.14. The van der Waals surface area contributed by atoms with Gasteiger partial charge in [-0.15, -0.1) is 0 Å². The maximum Gasteiger partial charge on any atom is 0.243 e. The summed E-state index contributed by atoms with van der Waals surface area (Å²) in [4.78, 5) is 27.3. The molecule has 0 aliphatic carbocycles. The van der Waals surface area contributed by atoms with Crippen molar-refractivity contribution in [3.05, 3.63) is 64.1 Å². The average molecular weight is 514 g/mol. The van der Waals surface area contributed by atoms with E-state index >= 15 is 0 Å². The highest BCUT2D eigenvalue weighted by atomic mass is 35.5. The fraction of sp³-hybridized carbons (Fsp3) is 0.391. The molecule has 1 atom stereocenters. The quantitative estimate of drug-likeness (QED) is 0.523. The van der Waals surface area contributed by atoms with E-state index in [-0.39, 0.29) is 23.3 Å². The second-order valence-corrected chi connectivity index (χ2v) is 11.0. The van der Waals surface area contributed by atoms with Crippen LogP contribution in [0.5, 0.6) is 0 Å². The number of nitrogens with one attached hydrogen (secondary N) is 1. The summed E-state index contributed by atoms with van der Waals surface area (Å²) in [5.74, 6) is -0.612. The zero-order chi connectivity index (χ0) is 24.8. The number of hydrogen-bond donors (Lipinski definition) is 1. The van der Waals surface area contributed by atoms with Crippen molar-refractivity contribution >= 4 is 45.0 Å². The van der Waals surface area contributed by atoms with Crippen molar-refractivity contribution in [3.63, 3.8) is 0 Å². The van der Waals surface area contributed by atoms with Crippen LogP contribution < -0.4 is 5.32 Å². The van der Waals surface area contributed by atoms with Gasteiger partial charge in [0.1, 0.15) is 6.04 Å². The molecule has 2 aromatic rings. The molecule has 0 radical (unpaired) electrons. The lowest BCUT2D eigenvalue weighted by Crippen LogP contribution is -2.51. The van der Waals surface area contributed by atoms with Gasteiger partial charge in [-0.05, 0) is 48.7 Å². The molecule has 0 bridgehead atoms. The Morgan fingerprint density at radius 2 is 1.61 bits per heavy atom. The normalized spacial score (nSPS) is 12.6. The lowest BCUT2D eigenvalue weighted by Gasteiger charge is -2.30. The van der Waals surface area contributed by atoms with Crippen molar-refractivity contribution in [2.75, 3.05) is 20.1 Å². The monoisotopic (exact) mass is 513 g/mol. The van der Waals surface area contributed by atoms with E-state index in [4.69, 9.17) is 23.2 Å². The van der Waals surface area contributed by atoms with Crippen LogP contribution in [0.4, 0.5) is 0 Å². The minimum atomic E-state index is -3.93. The maximum atomic E-state index is 13.3. The Balaban J connectivity index is 2.27. The molecule has 0 aliphatic rings. The SMILES string of the molecule is CC(C)CNC(=O)[C@@H](C)N(Cc1ccccc1Cl)C(=O)CN(C)S(=O)(=O)c1ccc(Cl)cc1. The summed E-state index contributed by atoms with van der Waals surface area (Å²) in [7, 11) is -2.61. The highest BCUT2D eigenvalue weighted by molar-refractivity contribution is 7.89.